The second-order valence-electron chi connectivity index (χ2n) is 7.15. The molecule has 0 aromatic heterocycles. The molecule has 1 fully saturated rings. The molecular formula is C17H24BClN2O4. The van der Waals surface area contributed by atoms with E-state index in [1.54, 1.807) is 12.1 Å². The normalized spacial score (nSPS) is 19.1. The molecule has 1 aromatic carbocycles. The van der Waals surface area contributed by atoms with Crippen molar-refractivity contribution in [3.05, 3.63) is 28.2 Å². The fourth-order valence-electron chi connectivity index (χ4n) is 2.38. The van der Waals surface area contributed by atoms with Crippen LogP contribution in [0.5, 0.6) is 5.75 Å². The summed E-state index contributed by atoms with van der Waals surface area (Å²) >= 11 is 6.03. The number of benzene rings is 1. The first kappa shape index (κ1) is 19.6. The van der Waals surface area contributed by atoms with Crippen LogP contribution in [-0.4, -0.2) is 35.9 Å². The molecular weight excluding hydrogens is 342 g/mol. The zero-order chi connectivity index (χ0) is 19.0. The minimum atomic E-state index is -0.670. The fraction of sp³-hybridized carbons (Fsp3) is 0.471. The average molecular weight is 367 g/mol. The lowest BCUT2D eigenvalue weighted by atomic mass is 9.77. The Balaban J connectivity index is 2.42. The van der Waals surface area contributed by atoms with E-state index >= 15 is 0 Å². The maximum Gasteiger partial charge on any atom is 0.492 e. The van der Waals surface area contributed by atoms with Crippen LogP contribution >= 0.6 is 11.6 Å². The molecule has 1 aliphatic rings. The van der Waals surface area contributed by atoms with Gasteiger partial charge < -0.3 is 25.5 Å². The highest BCUT2D eigenvalue weighted by molar-refractivity contribution is 6.56. The largest absolute Gasteiger partial charge is 0.505 e. The first-order valence-corrected chi connectivity index (χ1v) is 8.39. The third-order valence-electron chi connectivity index (χ3n) is 4.57. The molecule has 0 atom stereocenters. The number of nitrogen functional groups attached to an aromatic ring is 1. The van der Waals surface area contributed by atoms with E-state index in [0.717, 1.165) is 0 Å². The van der Waals surface area contributed by atoms with Crippen molar-refractivity contribution in [2.45, 2.75) is 45.8 Å². The molecule has 0 unspecified atom stereocenters. The Bertz CT molecular complexity index is 703. The van der Waals surface area contributed by atoms with Crippen molar-refractivity contribution in [2.75, 3.05) is 12.3 Å². The molecule has 136 valence electrons. The lowest BCUT2D eigenvalue weighted by molar-refractivity contribution is -0.118. The van der Waals surface area contributed by atoms with Crippen LogP contribution in [0, 0.1) is 0 Å². The number of rotatable bonds is 4. The quantitative estimate of drug-likeness (QED) is 0.433. The van der Waals surface area contributed by atoms with Crippen molar-refractivity contribution in [1.29, 1.82) is 0 Å². The van der Waals surface area contributed by atoms with Crippen molar-refractivity contribution in [3.8, 4) is 5.75 Å². The van der Waals surface area contributed by atoms with Gasteiger partial charge in [-0.05, 0) is 45.3 Å². The van der Waals surface area contributed by atoms with Crippen molar-refractivity contribution >= 4 is 36.4 Å². The van der Waals surface area contributed by atoms with Crippen molar-refractivity contribution < 1.29 is 19.2 Å². The monoisotopic (exact) mass is 366 g/mol. The van der Waals surface area contributed by atoms with Gasteiger partial charge in [-0.15, -0.1) is 0 Å². The van der Waals surface area contributed by atoms with Crippen LogP contribution in [0.1, 0.15) is 40.2 Å². The van der Waals surface area contributed by atoms with Crippen LogP contribution in [0.3, 0.4) is 0 Å². The molecule has 4 N–H and O–H groups in total. The number of phenolic OH excluding ortho intramolecular Hbond substituents is 1. The molecule has 0 saturated carbocycles. The molecule has 1 aliphatic heterocycles. The average Bonchev–Trinajstić information content (AvgIpc) is 2.68. The SMILES string of the molecule is CC(=O)NCC(=Cc1cc(Cl)cc(N)c1O)B1OC(C)(C)C(C)(C)O1. The third kappa shape index (κ3) is 4.29. The second kappa shape index (κ2) is 6.90. The van der Waals surface area contributed by atoms with Crippen molar-refractivity contribution in [1.82, 2.24) is 5.32 Å². The van der Waals surface area contributed by atoms with E-state index in [4.69, 9.17) is 26.6 Å². The number of hydrogen-bond acceptors (Lipinski definition) is 5. The lowest BCUT2D eigenvalue weighted by Gasteiger charge is -2.32. The summed E-state index contributed by atoms with van der Waals surface area (Å²) in [6, 6.07) is 3.06. The predicted molar refractivity (Wildman–Crippen MR) is 100 cm³/mol. The van der Waals surface area contributed by atoms with Gasteiger partial charge in [-0.25, -0.2) is 0 Å². The van der Waals surface area contributed by atoms with Gasteiger partial charge in [-0.3, -0.25) is 4.79 Å². The number of anilines is 1. The van der Waals surface area contributed by atoms with Crippen LogP contribution in [-0.2, 0) is 14.1 Å². The van der Waals surface area contributed by atoms with E-state index in [9.17, 15) is 9.90 Å². The van der Waals surface area contributed by atoms with E-state index < -0.39 is 18.3 Å². The summed E-state index contributed by atoms with van der Waals surface area (Å²) in [5.41, 5.74) is 5.96. The summed E-state index contributed by atoms with van der Waals surface area (Å²) in [6.45, 7) is 9.40. The first-order valence-electron chi connectivity index (χ1n) is 8.01. The standard InChI is InChI=1S/C17H24BClN2O4/c1-10(22)21-9-12(18-24-16(2,3)17(4,5)25-18)6-11-7-13(19)8-14(20)15(11)23/h6-8,23H,9,20H2,1-5H3,(H,21,22). The van der Waals surface area contributed by atoms with E-state index in [1.165, 1.54) is 13.0 Å². The molecule has 8 heteroatoms. The molecule has 0 bridgehead atoms. The van der Waals surface area contributed by atoms with Gasteiger partial charge in [0.2, 0.25) is 5.91 Å². The Morgan fingerprint density at radius 3 is 2.40 bits per heavy atom. The van der Waals surface area contributed by atoms with E-state index in [0.29, 0.717) is 16.1 Å². The van der Waals surface area contributed by atoms with E-state index in [1.807, 2.05) is 27.7 Å². The van der Waals surface area contributed by atoms with Crippen LogP contribution in [0.2, 0.25) is 5.02 Å². The molecule has 1 saturated heterocycles. The summed E-state index contributed by atoms with van der Waals surface area (Å²) in [7, 11) is -0.670. The summed E-state index contributed by atoms with van der Waals surface area (Å²) in [4.78, 5) is 11.3. The van der Waals surface area contributed by atoms with E-state index in [-0.39, 0.29) is 23.9 Å². The van der Waals surface area contributed by atoms with Gasteiger partial charge in [0.05, 0.1) is 16.9 Å². The predicted octanol–water partition coefficient (Wildman–Crippen LogP) is 2.78. The van der Waals surface area contributed by atoms with Gasteiger partial charge in [-0.2, -0.15) is 0 Å². The van der Waals surface area contributed by atoms with Crippen LogP contribution in [0.15, 0.2) is 17.6 Å². The highest BCUT2D eigenvalue weighted by Crippen LogP contribution is 2.39. The second-order valence-corrected chi connectivity index (χ2v) is 7.59. The Kier molecular flexibility index (Phi) is 5.42. The Hall–Kier alpha value is -1.70. The highest BCUT2D eigenvalue weighted by Gasteiger charge is 2.52. The van der Waals surface area contributed by atoms with Crippen LogP contribution < -0.4 is 11.1 Å². The zero-order valence-corrected chi connectivity index (χ0v) is 15.9. The zero-order valence-electron chi connectivity index (χ0n) is 15.1. The molecule has 1 aromatic rings. The third-order valence-corrected chi connectivity index (χ3v) is 4.79. The van der Waals surface area contributed by atoms with Gasteiger partial charge in [0.15, 0.2) is 0 Å². The van der Waals surface area contributed by atoms with Crippen molar-refractivity contribution in [3.63, 3.8) is 0 Å². The fourth-order valence-corrected chi connectivity index (χ4v) is 2.61. The number of phenols is 1. The Morgan fingerprint density at radius 1 is 1.32 bits per heavy atom. The molecule has 2 rings (SSSR count). The van der Waals surface area contributed by atoms with Gasteiger partial charge in [0.25, 0.3) is 0 Å². The maximum atomic E-state index is 11.3. The Labute approximate surface area is 153 Å². The maximum absolute atomic E-state index is 11.3. The van der Waals surface area contributed by atoms with Gasteiger partial charge in [0, 0.05) is 24.1 Å². The van der Waals surface area contributed by atoms with Crippen LogP contribution in [0.25, 0.3) is 6.08 Å². The number of nitrogens with one attached hydrogen (secondary N) is 1. The molecule has 0 aliphatic carbocycles. The smallest absolute Gasteiger partial charge is 0.492 e. The minimum absolute atomic E-state index is 0.0822. The number of nitrogens with two attached hydrogens (primary N) is 1. The first-order chi connectivity index (χ1) is 11.4. The number of aromatic hydroxyl groups is 1. The summed E-state index contributed by atoms with van der Waals surface area (Å²) in [5.74, 6) is -0.265. The highest BCUT2D eigenvalue weighted by atomic mass is 35.5. The molecule has 25 heavy (non-hydrogen) atoms. The molecule has 1 heterocycles. The number of halogens is 1. The minimum Gasteiger partial charge on any atom is -0.505 e. The summed E-state index contributed by atoms with van der Waals surface area (Å²) in [5, 5.41) is 13.3. The number of carbonyl (C=O) groups is 1. The number of amides is 1. The van der Waals surface area contributed by atoms with Gasteiger partial charge in [0.1, 0.15) is 5.75 Å². The Morgan fingerprint density at radius 2 is 1.88 bits per heavy atom. The van der Waals surface area contributed by atoms with E-state index in [2.05, 4.69) is 5.32 Å². The van der Waals surface area contributed by atoms with Crippen molar-refractivity contribution in [2.24, 2.45) is 0 Å². The summed E-state index contributed by atoms with van der Waals surface area (Å²) < 4.78 is 12.1. The summed E-state index contributed by atoms with van der Waals surface area (Å²) in [6.07, 6.45) is 1.68. The van der Waals surface area contributed by atoms with Crippen LogP contribution in [0.4, 0.5) is 5.69 Å². The lowest BCUT2D eigenvalue weighted by Crippen LogP contribution is -2.41. The molecule has 0 spiro atoms. The molecule has 1 amide bonds. The van der Waals surface area contributed by atoms with Gasteiger partial charge >= 0.3 is 7.12 Å². The topological polar surface area (TPSA) is 93.8 Å². The van der Waals surface area contributed by atoms with Gasteiger partial charge in [-0.1, -0.05) is 17.7 Å². The number of carbonyl (C=O) groups excluding carboxylic acids is 1. The molecule has 0 radical (unpaired) electrons. The number of hydrogen-bond donors (Lipinski definition) is 3. The molecule has 6 nitrogen and oxygen atoms in total.